The quantitative estimate of drug-likeness (QED) is 0.108. The van der Waals surface area contributed by atoms with Crippen molar-refractivity contribution in [3.05, 3.63) is 0 Å². The summed E-state index contributed by atoms with van der Waals surface area (Å²) in [7, 11) is 8.20. The van der Waals surface area contributed by atoms with Crippen LogP contribution in [0.2, 0.25) is 0 Å². The molecule has 26 heteroatoms. The number of nitrogens with zero attached hydrogens (tertiary/aromatic N) is 7. The van der Waals surface area contributed by atoms with E-state index in [1.165, 1.54) is 70.8 Å². The van der Waals surface area contributed by atoms with Crippen LogP contribution in [0.4, 0.5) is 0 Å². The number of likely N-dealkylation sites (tertiary alicyclic amines) is 1. The predicted octanol–water partition coefficient (Wildman–Crippen LogP) is 2.64. The summed E-state index contributed by atoms with van der Waals surface area (Å²) in [5.74, 6) is -11.5. The normalized spacial score (nSPS) is 28.9. The standard InChI is InChI=1S/C68H121N11O15/c1-36(2)28-48-63(87)75(20)51(31-39(7)8)59(83)69-44(16)68(92)94-58(42(13)14)67(91)76(21)52(32-40(9)10)61(85)71-49(29-37(3)4)64(88)77(22)55(41(11)12)66(90)78(23)56(57(82)43(15)26-27-79-33-46-24-25-47(34-79)93-46)62(86)72-54(45(17)80)65(89)73(18)35-53(81)74(19)50(30-38(5)6)60(84)70-48/h36-52,54-58,80,82H,24-35H2,1-23H3,(H,69,83)(H,70,84)(H,71,85)(H,72,86)/t43-,44+,45-,46?,47?,48+,49+,50+,51+,52+,54+,55+,56+,57-,58-/m1/s1. The molecule has 3 heterocycles. The van der Waals surface area contributed by atoms with Crippen LogP contribution in [0, 0.1) is 47.3 Å². The molecule has 0 aliphatic carbocycles. The molecule has 0 aromatic carbocycles. The van der Waals surface area contributed by atoms with E-state index in [9.17, 15) is 48.6 Å². The number of nitrogens with one attached hydrogen (secondary N) is 4. The number of cyclic esters (lactones) is 1. The van der Waals surface area contributed by atoms with E-state index < -0.39 is 162 Å². The molecule has 2 bridgehead atoms. The number of esters is 1. The Kier molecular flexibility index (Phi) is 32.3. The number of carbonyl (C=O) groups is 11. The van der Waals surface area contributed by atoms with Gasteiger partial charge in [-0.3, -0.25) is 52.8 Å². The fourth-order valence-electron chi connectivity index (χ4n) is 12.8. The van der Waals surface area contributed by atoms with Crippen LogP contribution in [0.5, 0.6) is 0 Å². The van der Waals surface area contributed by atoms with E-state index in [0.29, 0.717) is 26.1 Å². The number of ether oxygens (including phenoxy) is 2. The number of rotatable bonds is 18. The highest BCUT2D eigenvalue weighted by Crippen LogP contribution is 2.29. The van der Waals surface area contributed by atoms with Crippen LogP contribution in [0.25, 0.3) is 0 Å². The molecule has 6 N–H and O–H groups in total. The van der Waals surface area contributed by atoms with Crippen molar-refractivity contribution in [1.29, 1.82) is 0 Å². The molecule has 26 nitrogen and oxygen atoms in total. The number of hydrogen-bond acceptors (Lipinski definition) is 16. The lowest BCUT2D eigenvalue weighted by Gasteiger charge is -2.40. The van der Waals surface area contributed by atoms with Gasteiger partial charge in [0.15, 0.2) is 6.10 Å². The minimum Gasteiger partial charge on any atom is -0.450 e. The summed E-state index contributed by atoms with van der Waals surface area (Å²) in [5.41, 5.74) is 0. The van der Waals surface area contributed by atoms with Gasteiger partial charge in [-0.1, -0.05) is 104 Å². The van der Waals surface area contributed by atoms with E-state index in [4.69, 9.17) is 9.47 Å². The zero-order chi connectivity index (χ0) is 71.8. The smallest absolute Gasteiger partial charge is 0.329 e. The fourth-order valence-corrected chi connectivity index (χ4v) is 12.8. The lowest BCUT2D eigenvalue weighted by Crippen LogP contribution is -2.64. The first-order valence-electron chi connectivity index (χ1n) is 34.3. The molecule has 0 saturated carbocycles. The average Bonchev–Trinajstić information content (AvgIpc) is 0.967. The first-order chi connectivity index (χ1) is 43.5. The average molecular weight is 1330 g/mol. The number of aliphatic hydroxyl groups excluding tert-OH is 2. The summed E-state index contributed by atoms with van der Waals surface area (Å²) in [6.07, 6.45) is -1.75. The summed E-state index contributed by atoms with van der Waals surface area (Å²) >= 11 is 0. The molecule has 10 amide bonds. The maximum Gasteiger partial charge on any atom is 0.329 e. The van der Waals surface area contributed by atoms with Crippen LogP contribution in [-0.2, 0) is 62.2 Å². The van der Waals surface area contributed by atoms with Crippen LogP contribution >= 0.6 is 0 Å². The van der Waals surface area contributed by atoms with Gasteiger partial charge in [-0.2, -0.15) is 0 Å². The largest absolute Gasteiger partial charge is 0.450 e. The Morgan fingerprint density at radius 1 is 0.468 bits per heavy atom. The molecule has 3 rings (SSSR count). The van der Waals surface area contributed by atoms with Gasteiger partial charge in [-0.05, 0) is 119 Å². The molecular weight excluding hydrogens is 1210 g/mol. The number of hydrogen-bond donors (Lipinski definition) is 6. The highest BCUT2D eigenvalue weighted by atomic mass is 16.6. The number of carbonyl (C=O) groups excluding carboxylic acids is 11. The Hall–Kier alpha value is -5.99. The van der Waals surface area contributed by atoms with Gasteiger partial charge in [-0.15, -0.1) is 0 Å². The molecule has 0 aromatic rings. The third-order valence-electron chi connectivity index (χ3n) is 18.3. The van der Waals surface area contributed by atoms with Crippen LogP contribution in [0.1, 0.15) is 169 Å². The molecule has 0 aromatic heterocycles. The third-order valence-corrected chi connectivity index (χ3v) is 18.3. The highest BCUT2D eigenvalue weighted by Gasteiger charge is 2.46. The van der Waals surface area contributed by atoms with E-state index in [-0.39, 0.29) is 73.9 Å². The molecule has 3 aliphatic heterocycles. The molecule has 15 atom stereocenters. The summed E-state index contributed by atoms with van der Waals surface area (Å²) < 4.78 is 12.0. The van der Waals surface area contributed by atoms with Crippen molar-refractivity contribution < 1.29 is 72.4 Å². The second-order valence-electron chi connectivity index (χ2n) is 30.0. The first-order valence-corrected chi connectivity index (χ1v) is 34.3. The molecule has 3 saturated heterocycles. The predicted molar refractivity (Wildman–Crippen MR) is 356 cm³/mol. The Morgan fingerprint density at radius 2 is 0.883 bits per heavy atom. The van der Waals surface area contributed by atoms with Gasteiger partial charge in [0, 0.05) is 55.4 Å². The molecule has 94 heavy (non-hydrogen) atoms. The maximum atomic E-state index is 15.4. The first kappa shape index (κ1) is 82.2. The lowest BCUT2D eigenvalue weighted by molar-refractivity contribution is -0.166. The minimum absolute atomic E-state index is 0.0800. The lowest BCUT2D eigenvalue weighted by atomic mass is 9.91. The Morgan fingerprint density at radius 3 is 1.31 bits per heavy atom. The number of likely N-dealkylation sites (N-methyl/N-ethyl adjacent to an activating group) is 6. The van der Waals surface area contributed by atoms with Crippen LogP contribution in [0.3, 0.4) is 0 Å². The van der Waals surface area contributed by atoms with Gasteiger partial charge in [0.05, 0.1) is 31.0 Å². The number of morpholine rings is 1. The summed E-state index contributed by atoms with van der Waals surface area (Å²) in [6.45, 7) is 30.8. The summed E-state index contributed by atoms with van der Waals surface area (Å²) in [5, 5.41) is 34.9. The van der Waals surface area contributed by atoms with Gasteiger partial charge in [-0.25, -0.2) is 4.79 Å². The van der Waals surface area contributed by atoms with E-state index in [1.807, 2.05) is 69.2 Å². The SMILES string of the molecule is CC(C)C[C@@H]1NC(=O)[C@H](CC(C)C)N(C)C(=O)[C@@H](C(C)C)OC(=O)[C@H](C)NC(=O)[C@H](CC(C)C)N(C)C(=O)[C@H](CC(C)C)NC(=O)[C@H](CC(C)C)N(C)C(=O)CN(C)C(=O)[C@H]([C@@H](C)O)NC(=O)[C@H]([C@H](O)[C@H](C)CCN2CC3CCC(C2)O3)N(C)C(=O)[C@H](C(C)C)N(C)C1=O. The summed E-state index contributed by atoms with van der Waals surface area (Å²) in [4.78, 5) is 171. The second-order valence-corrected chi connectivity index (χ2v) is 30.0. The molecular formula is C68H121N11O15. The number of aliphatic hydroxyl groups is 2. The van der Waals surface area contributed by atoms with Crippen LogP contribution in [0.15, 0.2) is 0 Å². The summed E-state index contributed by atoms with van der Waals surface area (Å²) in [6, 6.07) is -12.3. The molecule has 0 spiro atoms. The van der Waals surface area contributed by atoms with Crippen molar-refractivity contribution in [3.63, 3.8) is 0 Å². The monoisotopic (exact) mass is 1330 g/mol. The molecule has 0 radical (unpaired) electrons. The van der Waals surface area contributed by atoms with Crippen LogP contribution < -0.4 is 21.3 Å². The van der Waals surface area contributed by atoms with Crippen molar-refractivity contribution in [2.45, 2.75) is 254 Å². The van der Waals surface area contributed by atoms with Crippen LogP contribution in [-0.4, -0.2) is 263 Å². The Bertz CT molecular complexity index is 2570. The minimum atomic E-state index is -1.76. The van der Waals surface area contributed by atoms with Crippen molar-refractivity contribution in [1.82, 2.24) is 55.6 Å². The number of fused-ring (bicyclic) bond motifs is 2. The molecule has 3 aliphatic rings. The van der Waals surface area contributed by atoms with Crippen molar-refractivity contribution in [3.8, 4) is 0 Å². The van der Waals surface area contributed by atoms with Gasteiger partial charge in [0.25, 0.3) is 5.91 Å². The Balaban J connectivity index is 2.32. The Labute approximate surface area is 560 Å². The van der Waals surface area contributed by atoms with Crippen molar-refractivity contribution >= 4 is 65.0 Å². The van der Waals surface area contributed by atoms with Gasteiger partial charge in [0.1, 0.15) is 54.4 Å². The topological polar surface area (TPSA) is 317 Å². The zero-order valence-corrected chi connectivity index (χ0v) is 61.0. The maximum absolute atomic E-state index is 15.4. The number of amides is 10. The van der Waals surface area contributed by atoms with E-state index in [0.717, 1.165) is 27.5 Å². The molecule has 3 fully saturated rings. The van der Waals surface area contributed by atoms with Gasteiger partial charge < -0.3 is 70.4 Å². The highest BCUT2D eigenvalue weighted by molar-refractivity contribution is 5.99. The van der Waals surface area contributed by atoms with E-state index in [1.54, 1.807) is 34.6 Å². The molecule has 2 unspecified atom stereocenters. The fraction of sp³-hybridized carbons (Fsp3) is 0.838. The van der Waals surface area contributed by atoms with Gasteiger partial charge in [0.2, 0.25) is 53.2 Å². The van der Waals surface area contributed by atoms with Gasteiger partial charge >= 0.3 is 5.97 Å². The zero-order valence-electron chi connectivity index (χ0n) is 61.0. The third kappa shape index (κ3) is 23.1. The second kappa shape index (κ2) is 36.9. The van der Waals surface area contributed by atoms with E-state index in [2.05, 4.69) is 26.2 Å². The van der Waals surface area contributed by atoms with E-state index >= 15 is 14.4 Å². The molecule has 538 valence electrons. The van der Waals surface area contributed by atoms with Crippen molar-refractivity contribution in [2.75, 3.05) is 68.5 Å². The van der Waals surface area contributed by atoms with Crippen molar-refractivity contribution in [2.24, 2.45) is 47.3 Å².